The van der Waals surface area contributed by atoms with Gasteiger partial charge in [0.25, 0.3) is 0 Å². The molecule has 11 rings (SSSR count). The maximum absolute atomic E-state index is 6.59. The zero-order valence-electron chi connectivity index (χ0n) is 36.8. The zero-order chi connectivity index (χ0) is 44.4. The Kier molecular flexibility index (Phi) is 10.7. The fraction of sp³-hybridized carbons (Fsp3) is 0.0323. The van der Waals surface area contributed by atoms with Gasteiger partial charge in [-0.25, -0.2) is 0 Å². The summed E-state index contributed by atoms with van der Waals surface area (Å²) >= 11 is 0. The Morgan fingerprint density at radius 1 is 0.409 bits per heavy atom. The number of para-hydroxylation sites is 5. The summed E-state index contributed by atoms with van der Waals surface area (Å²) in [6.45, 7) is 4.17. The number of rotatable bonds is 10. The largest absolute Gasteiger partial charge is 0.454 e. The number of hydrogen-bond donors (Lipinski definition) is 0. The molecule has 4 heteroatoms. The van der Waals surface area contributed by atoms with E-state index in [1.807, 2.05) is 37.3 Å². The van der Waals surface area contributed by atoms with E-state index in [2.05, 4.69) is 229 Å². The van der Waals surface area contributed by atoms with E-state index in [9.17, 15) is 0 Å². The predicted octanol–water partition coefficient (Wildman–Crippen LogP) is 16.1. The second-order valence-corrected chi connectivity index (χ2v) is 16.5. The maximum atomic E-state index is 6.59. The molecule has 0 atom stereocenters. The summed E-state index contributed by atoms with van der Waals surface area (Å²) in [5.41, 5.74) is 16.6. The van der Waals surface area contributed by atoms with Crippen molar-refractivity contribution < 1.29 is 8.83 Å². The molecule has 66 heavy (non-hydrogen) atoms. The van der Waals surface area contributed by atoms with Crippen LogP contribution in [0.2, 0.25) is 0 Å². The van der Waals surface area contributed by atoms with Crippen molar-refractivity contribution in [2.75, 3.05) is 9.80 Å². The maximum Gasteiger partial charge on any atom is 0.159 e. The van der Waals surface area contributed by atoms with E-state index in [0.29, 0.717) is 0 Å². The van der Waals surface area contributed by atoms with Gasteiger partial charge in [0, 0.05) is 44.1 Å². The van der Waals surface area contributed by atoms with Crippen molar-refractivity contribution in [1.82, 2.24) is 0 Å². The second-order valence-electron chi connectivity index (χ2n) is 16.5. The summed E-state index contributed by atoms with van der Waals surface area (Å²) in [7, 11) is 0. The molecular weight excluding hydrogens is 805 g/mol. The van der Waals surface area contributed by atoms with E-state index in [-0.39, 0.29) is 0 Å². The number of fused-ring (bicyclic) bond motifs is 4. The zero-order valence-corrected chi connectivity index (χ0v) is 36.8. The number of hydrogen-bond acceptors (Lipinski definition) is 4. The van der Waals surface area contributed by atoms with Gasteiger partial charge in [-0.3, -0.25) is 0 Å². The quantitative estimate of drug-likeness (QED) is 0.137. The van der Waals surface area contributed by atoms with Gasteiger partial charge in [0.05, 0.1) is 11.4 Å². The summed E-state index contributed by atoms with van der Waals surface area (Å²) in [6.07, 6.45) is 6.26. The van der Waals surface area contributed by atoms with Crippen LogP contribution in [-0.2, 0) is 0 Å². The normalized spacial score (nSPS) is 12.4. The molecule has 0 aliphatic carbocycles. The topological polar surface area (TPSA) is 32.8 Å². The number of allylic oxidation sites excluding steroid dienone is 2. The molecule has 0 bridgehead atoms. The minimum Gasteiger partial charge on any atom is -0.454 e. The van der Waals surface area contributed by atoms with E-state index in [1.165, 1.54) is 0 Å². The highest BCUT2D eigenvalue weighted by Crippen LogP contribution is 2.42. The summed E-state index contributed by atoms with van der Waals surface area (Å²) in [5, 5.41) is 4.38. The van der Waals surface area contributed by atoms with Crippen LogP contribution in [-0.4, -0.2) is 0 Å². The van der Waals surface area contributed by atoms with Gasteiger partial charge in [0.2, 0.25) is 0 Å². The van der Waals surface area contributed by atoms with E-state index >= 15 is 0 Å². The van der Waals surface area contributed by atoms with Crippen molar-refractivity contribution in [3.8, 4) is 33.4 Å². The van der Waals surface area contributed by atoms with E-state index in [1.54, 1.807) is 0 Å². The van der Waals surface area contributed by atoms with Gasteiger partial charge in [0.1, 0.15) is 11.2 Å². The summed E-state index contributed by atoms with van der Waals surface area (Å²) in [6, 6.07) is 79.2. The molecule has 0 saturated heterocycles. The number of benzene rings is 9. The summed E-state index contributed by atoms with van der Waals surface area (Å²) in [5.74, 6) is 0. The fourth-order valence-electron chi connectivity index (χ4n) is 9.18. The molecule has 4 nitrogen and oxygen atoms in total. The first-order valence-corrected chi connectivity index (χ1v) is 22.4. The Labute approximate surface area is 384 Å². The average molecular weight is 851 g/mol. The molecular formula is C62H46N2O2. The first kappa shape index (κ1) is 40.2. The molecule has 0 spiro atoms. The predicted molar refractivity (Wildman–Crippen MR) is 277 cm³/mol. The van der Waals surface area contributed by atoms with Crippen LogP contribution < -0.4 is 20.4 Å². The van der Waals surface area contributed by atoms with Gasteiger partial charge < -0.3 is 18.6 Å². The van der Waals surface area contributed by atoms with Crippen molar-refractivity contribution in [2.24, 2.45) is 0 Å². The molecule has 11 aromatic rings. The molecule has 316 valence electrons. The van der Waals surface area contributed by atoms with Crippen molar-refractivity contribution >= 4 is 73.1 Å². The highest BCUT2D eigenvalue weighted by molar-refractivity contribution is 6.10. The standard InChI is InChI=1S/C62H46N2O2/c1-3-4-26-56-54-27-11-13-31-59(54)65-61(56)43(2)63(50-22-7-5-8-23-50)52-37-33-44(34-38-52)46-18-15-20-48(41-46)49-21-16-19-47(42-49)45-35-39-53(40-36-45)64(51-24-9-6-10-25-51)58-30-17-29-57-55-28-12-14-32-60(55)66-62(57)58/h3-42H,1-2H3/b4-3-,56-26-,61-43-. The van der Waals surface area contributed by atoms with Crippen LogP contribution in [0, 0.1) is 0 Å². The molecule has 0 amide bonds. The Morgan fingerprint density at radius 2 is 0.879 bits per heavy atom. The highest BCUT2D eigenvalue weighted by Gasteiger charge is 2.20. The molecule has 0 radical (unpaired) electrons. The number of furan rings is 2. The SMILES string of the molecule is C\C=C/C=c1\c(=C(/C)N(c2ccccc2)c2ccc(-c3cccc(-c4cccc(-c5ccc(N(c6ccccc6)c6cccc7c6oc6ccccc67)cc5)c4)c3)cc2)oc2ccccc12. The van der Waals surface area contributed by atoms with Crippen LogP contribution >= 0.6 is 0 Å². The average Bonchev–Trinajstić information content (AvgIpc) is 3.96. The van der Waals surface area contributed by atoms with Crippen LogP contribution in [0.5, 0.6) is 0 Å². The fourth-order valence-corrected chi connectivity index (χ4v) is 9.18. The molecule has 0 aliphatic heterocycles. The monoisotopic (exact) mass is 850 g/mol. The third kappa shape index (κ3) is 7.55. The van der Waals surface area contributed by atoms with Crippen molar-refractivity contribution in [3.05, 3.63) is 247 Å². The molecule has 2 heterocycles. The lowest BCUT2D eigenvalue weighted by molar-refractivity contribution is 0.570. The molecule has 0 N–H and O–H groups in total. The van der Waals surface area contributed by atoms with Crippen LogP contribution in [0.25, 0.3) is 78.1 Å². The first-order valence-electron chi connectivity index (χ1n) is 22.4. The molecule has 9 aromatic carbocycles. The van der Waals surface area contributed by atoms with Crippen LogP contribution in [0.15, 0.2) is 245 Å². The van der Waals surface area contributed by atoms with Gasteiger partial charge in [-0.15, -0.1) is 0 Å². The highest BCUT2D eigenvalue weighted by atomic mass is 16.3. The van der Waals surface area contributed by atoms with Gasteiger partial charge in [-0.1, -0.05) is 164 Å². The molecule has 0 fully saturated rings. The number of anilines is 5. The van der Waals surface area contributed by atoms with Gasteiger partial charge in [-0.05, 0) is 126 Å². The molecule has 0 saturated carbocycles. The Morgan fingerprint density at radius 3 is 1.50 bits per heavy atom. The van der Waals surface area contributed by atoms with Gasteiger partial charge >= 0.3 is 0 Å². The molecule has 0 unspecified atom stereocenters. The van der Waals surface area contributed by atoms with Crippen molar-refractivity contribution in [2.45, 2.75) is 13.8 Å². The van der Waals surface area contributed by atoms with Gasteiger partial charge in [0.15, 0.2) is 11.0 Å². The molecule has 2 aromatic heterocycles. The lowest BCUT2D eigenvalue weighted by atomic mass is 9.96. The summed E-state index contributed by atoms with van der Waals surface area (Å²) in [4.78, 5) is 4.56. The lowest BCUT2D eigenvalue weighted by Gasteiger charge is -2.25. The van der Waals surface area contributed by atoms with Crippen LogP contribution in [0.4, 0.5) is 28.4 Å². The smallest absolute Gasteiger partial charge is 0.159 e. The van der Waals surface area contributed by atoms with Crippen molar-refractivity contribution in [3.63, 3.8) is 0 Å². The molecule has 0 aliphatic rings. The third-order valence-corrected chi connectivity index (χ3v) is 12.4. The minimum absolute atomic E-state index is 0.846. The van der Waals surface area contributed by atoms with E-state index < -0.39 is 0 Å². The lowest BCUT2D eigenvalue weighted by Crippen LogP contribution is -2.29. The van der Waals surface area contributed by atoms with Crippen LogP contribution in [0.1, 0.15) is 13.8 Å². The van der Waals surface area contributed by atoms with E-state index in [4.69, 9.17) is 8.83 Å². The van der Waals surface area contributed by atoms with Crippen molar-refractivity contribution in [1.29, 1.82) is 0 Å². The second kappa shape index (κ2) is 17.5. The van der Waals surface area contributed by atoms with Gasteiger partial charge in [-0.2, -0.15) is 0 Å². The third-order valence-electron chi connectivity index (χ3n) is 12.4. The Hall–Kier alpha value is -8.60. The minimum atomic E-state index is 0.846. The van der Waals surface area contributed by atoms with E-state index in [0.717, 1.165) is 111 Å². The number of nitrogens with zero attached hydrogens (tertiary/aromatic N) is 2. The van der Waals surface area contributed by atoms with Crippen LogP contribution in [0.3, 0.4) is 0 Å². The Bertz CT molecular complexity index is 3660. The first-order chi connectivity index (χ1) is 32.6. The summed E-state index contributed by atoms with van der Waals surface area (Å²) < 4.78 is 13.1. The Balaban J connectivity index is 0.902.